The Bertz CT molecular complexity index is 754. The van der Waals surface area contributed by atoms with Crippen molar-refractivity contribution in [2.75, 3.05) is 10.6 Å². The van der Waals surface area contributed by atoms with Gasteiger partial charge >= 0.3 is 6.03 Å². The molecule has 0 aliphatic carbocycles. The van der Waals surface area contributed by atoms with E-state index in [-0.39, 0.29) is 18.0 Å². The quantitative estimate of drug-likeness (QED) is 0.648. The molecule has 1 heterocycles. The molecule has 7 heteroatoms. The number of rotatable bonds is 6. The van der Waals surface area contributed by atoms with Gasteiger partial charge in [0.25, 0.3) is 0 Å². The van der Waals surface area contributed by atoms with Gasteiger partial charge in [-0.2, -0.15) is 5.10 Å². The zero-order chi connectivity index (χ0) is 18.4. The molecule has 0 aliphatic rings. The minimum Gasteiger partial charge on any atom is -0.335 e. The molecule has 2 rings (SSSR count). The fourth-order valence-electron chi connectivity index (χ4n) is 2.41. The predicted molar refractivity (Wildman–Crippen MR) is 98.7 cm³/mol. The molecule has 0 radical (unpaired) electrons. The monoisotopic (exact) mass is 343 g/mol. The maximum absolute atomic E-state index is 12.2. The van der Waals surface area contributed by atoms with E-state index in [1.807, 2.05) is 32.9 Å². The Morgan fingerprint density at radius 2 is 1.96 bits per heavy atom. The van der Waals surface area contributed by atoms with Crippen LogP contribution in [0.5, 0.6) is 0 Å². The largest absolute Gasteiger partial charge is 0.335 e. The summed E-state index contributed by atoms with van der Waals surface area (Å²) in [5, 5.41) is 15.6. The summed E-state index contributed by atoms with van der Waals surface area (Å²) in [6, 6.07) is 7.02. The molecular weight excluding hydrogens is 318 g/mol. The predicted octanol–water partition coefficient (Wildman–Crippen LogP) is 3.13. The van der Waals surface area contributed by atoms with E-state index in [1.54, 1.807) is 19.1 Å². The lowest BCUT2D eigenvalue weighted by Crippen LogP contribution is -2.37. The van der Waals surface area contributed by atoms with Crippen LogP contribution in [-0.2, 0) is 11.2 Å². The number of nitrogens with one attached hydrogen (secondary N) is 4. The fraction of sp³-hybridized carbons (Fsp3) is 0.389. The van der Waals surface area contributed by atoms with Crippen LogP contribution in [0.25, 0.3) is 0 Å². The number of nitrogens with zero attached hydrogens (tertiary/aromatic N) is 1. The Morgan fingerprint density at radius 3 is 2.60 bits per heavy atom. The molecule has 0 fully saturated rings. The number of aromatic nitrogens is 2. The first kappa shape index (κ1) is 18.5. The molecule has 0 spiro atoms. The lowest BCUT2D eigenvalue weighted by atomic mass is 10.1. The van der Waals surface area contributed by atoms with Crippen molar-refractivity contribution in [1.82, 2.24) is 15.5 Å². The number of hydrogen-bond acceptors (Lipinski definition) is 3. The van der Waals surface area contributed by atoms with E-state index in [0.717, 1.165) is 17.0 Å². The molecule has 0 unspecified atom stereocenters. The summed E-state index contributed by atoms with van der Waals surface area (Å²) in [5.74, 6) is -0.0624. The number of amides is 3. The van der Waals surface area contributed by atoms with Gasteiger partial charge in [-0.25, -0.2) is 4.79 Å². The van der Waals surface area contributed by atoms with Crippen molar-refractivity contribution in [2.24, 2.45) is 0 Å². The van der Waals surface area contributed by atoms with Crippen LogP contribution in [0, 0.1) is 13.8 Å². The average molecular weight is 343 g/mol. The van der Waals surface area contributed by atoms with Crippen molar-refractivity contribution >= 4 is 23.3 Å². The molecule has 134 valence electrons. The van der Waals surface area contributed by atoms with Gasteiger partial charge in [0.2, 0.25) is 5.91 Å². The SMILES string of the molecule is CCC(=O)Nc1cc(NC(=O)N[C@@H](C)Cc2cc(C)[nH]n2)ccc1C. The van der Waals surface area contributed by atoms with Gasteiger partial charge in [-0.15, -0.1) is 0 Å². The molecule has 1 aromatic carbocycles. The summed E-state index contributed by atoms with van der Waals surface area (Å²) in [6.45, 7) is 7.56. The molecule has 4 N–H and O–H groups in total. The van der Waals surface area contributed by atoms with Crippen LogP contribution in [0.15, 0.2) is 24.3 Å². The lowest BCUT2D eigenvalue weighted by molar-refractivity contribution is -0.115. The zero-order valence-corrected chi connectivity index (χ0v) is 15.1. The van der Waals surface area contributed by atoms with Crippen LogP contribution < -0.4 is 16.0 Å². The van der Waals surface area contributed by atoms with E-state index in [9.17, 15) is 9.59 Å². The van der Waals surface area contributed by atoms with Gasteiger partial charge in [0.15, 0.2) is 0 Å². The third-order valence-corrected chi connectivity index (χ3v) is 3.74. The van der Waals surface area contributed by atoms with Gasteiger partial charge in [-0.1, -0.05) is 13.0 Å². The zero-order valence-electron chi connectivity index (χ0n) is 15.1. The van der Waals surface area contributed by atoms with Gasteiger partial charge in [-0.05, 0) is 44.5 Å². The van der Waals surface area contributed by atoms with Crippen LogP contribution in [0.4, 0.5) is 16.2 Å². The van der Waals surface area contributed by atoms with Crippen LogP contribution in [0.2, 0.25) is 0 Å². The molecule has 7 nitrogen and oxygen atoms in total. The summed E-state index contributed by atoms with van der Waals surface area (Å²) in [4.78, 5) is 23.7. The number of anilines is 2. The van der Waals surface area contributed by atoms with Gasteiger partial charge < -0.3 is 16.0 Å². The summed E-state index contributed by atoms with van der Waals surface area (Å²) in [6.07, 6.45) is 1.05. The fourth-order valence-corrected chi connectivity index (χ4v) is 2.41. The Morgan fingerprint density at radius 1 is 1.20 bits per heavy atom. The minimum atomic E-state index is -0.295. The highest BCUT2D eigenvalue weighted by Crippen LogP contribution is 2.20. The number of aromatic amines is 1. The second kappa shape index (κ2) is 8.32. The number of hydrogen-bond donors (Lipinski definition) is 4. The molecule has 2 aromatic rings. The number of H-pyrrole nitrogens is 1. The van der Waals surface area contributed by atoms with Gasteiger partial charge in [0.05, 0.1) is 5.69 Å². The van der Waals surface area contributed by atoms with Crippen LogP contribution >= 0.6 is 0 Å². The van der Waals surface area contributed by atoms with E-state index in [2.05, 4.69) is 26.1 Å². The van der Waals surface area contributed by atoms with E-state index in [4.69, 9.17) is 0 Å². The molecule has 0 bridgehead atoms. The molecule has 3 amide bonds. The number of aryl methyl sites for hydroxylation is 2. The summed E-state index contributed by atoms with van der Waals surface area (Å²) < 4.78 is 0. The maximum atomic E-state index is 12.2. The number of benzene rings is 1. The van der Waals surface area contributed by atoms with Crippen molar-refractivity contribution in [3.63, 3.8) is 0 Å². The minimum absolute atomic E-state index is 0.0624. The molecule has 1 aromatic heterocycles. The Labute approximate surface area is 147 Å². The van der Waals surface area contributed by atoms with Crippen LogP contribution in [-0.4, -0.2) is 28.2 Å². The van der Waals surface area contributed by atoms with Crippen molar-refractivity contribution in [1.29, 1.82) is 0 Å². The summed E-state index contributed by atoms with van der Waals surface area (Å²) >= 11 is 0. The summed E-state index contributed by atoms with van der Waals surface area (Å²) in [7, 11) is 0. The highest BCUT2D eigenvalue weighted by molar-refractivity contribution is 5.94. The Kier molecular flexibility index (Phi) is 6.16. The van der Waals surface area contributed by atoms with E-state index in [1.165, 1.54) is 0 Å². The van der Waals surface area contributed by atoms with Crippen LogP contribution in [0.1, 0.15) is 37.2 Å². The lowest BCUT2D eigenvalue weighted by Gasteiger charge is -2.15. The number of carbonyl (C=O) groups excluding carboxylic acids is 2. The second-order valence-corrected chi connectivity index (χ2v) is 6.18. The molecule has 1 atom stereocenters. The van der Waals surface area contributed by atoms with Crippen molar-refractivity contribution in [2.45, 2.75) is 46.6 Å². The van der Waals surface area contributed by atoms with Crippen molar-refractivity contribution < 1.29 is 9.59 Å². The second-order valence-electron chi connectivity index (χ2n) is 6.18. The third-order valence-electron chi connectivity index (χ3n) is 3.74. The molecular formula is C18H25N5O2. The van der Waals surface area contributed by atoms with Crippen molar-refractivity contribution in [3.8, 4) is 0 Å². The Hall–Kier alpha value is -2.83. The van der Waals surface area contributed by atoms with Gasteiger partial charge in [-0.3, -0.25) is 9.89 Å². The first-order valence-electron chi connectivity index (χ1n) is 8.36. The van der Waals surface area contributed by atoms with Crippen LogP contribution in [0.3, 0.4) is 0 Å². The highest BCUT2D eigenvalue weighted by Gasteiger charge is 2.11. The summed E-state index contributed by atoms with van der Waals surface area (Å²) in [5.41, 5.74) is 4.16. The average Bonchev–Trinajstić information content (AvgIpc) is 2.95. The van der Waals surface area contributed by atoms with Crippen molar-refractivity contribution in [3.05, 3.63) is 41.2 Å². The molecule has 0 saturated carbocycles. The highest BCUT2D eigenvalue weighted by atomic mass is 16.2. The molecule has 25 heavy (non-hydrogen) atoms. The van der Waals surface area contributed by atoms with Gasteiger partial charge in [0, 0.05) is 36.0 Å². The first-order valence-corrected chi connectivity index (χ1v) is 8.36. The Balaban J connectivity index is 1.93. The maximum Gasteiger partial charge on any atom is 0.319 e. The van der Waals surface area contributed by atoms with E-state index < -0.39 is 0 Å². The molecule has 0 saturated heterocycles. The van der Waals surface area contributed by atoms with E-state index in [0.29, 0.717) is 24.2 Å². The molecule has 0 aliphatic heterocycles. The number of urea groups is 1. The smallest absolute Gasteiger partial charge is 0.319 e. The van der Waals surface area contributed by atoms with Gasteiger partial charge in [0.1, 0.15) is 0 Å². The third kappa shape index (κ3) is 5.63. The normalized spacial score (nSPS) is 11.7. The first-order chi connectivity index (χ1) is 11.9. The standard InChI is InChI=1S/C18H25N5O2/c1-5-17(24)21-16-10-14(7-6-11(16)2)20-18(25)19-12(3)8-15-9-13(4)22-23-15/h6-7,9-10,12H,5,8H2,1-4H3,(H,21,24)(H,22,23)(H2,19,20,25)/t12-/m0/s1. The van der Waals surface area contributed by atoms with E-state index >= 15 is 0 Å². The number of carbonyl (C=O) groups is 2. The topological polar surface area (TPSA) is 98.9 Å².